The number of nitrogens with zero attached hydrogens (tertiary/aromatic N) is 1. The Hall–Kier alpha value is -2.35. The predicted octanol–water partition coefficient (Wildman–Crippen LogP) is 4.53. The van der Waals surface area contributed by atoms with Gasteiger partial charge in [-0.15, -0.1) is 0 Å². The van der Waals surface area contributed by atoms with E-state index in [1.165, 1.54) is 0 Å². The van der Waals surface area contributed by atoms with Crippen molar-refractivity contribution in [3.63, 3.8) is 0 Å². The Morgan fingerprint density at radius 1 is 1.00 bits per heavy atom. The van der Waals surface area contributed by atoms with Crippen LogP contribution in [0.15, 0.2) is 71.2 Å². The summed E-state index contributed by atoms with van der Waals surface area (Å²) in [5.41, 5.74) is 3.35. The van der Waals surface area contributed by atoms with Crippen LogP contribution < -0.4 is 4.72 Å². The zero-order valence-corrected chi connectivity index (χ0v) is 18.2. The summed E-state index contributed by atoms with van der Waals surface area (Å²) in [5.74, 6) is 0. The molecule has 29 heavy (non-hydrogen) atoms. The van der Waals surface area contributed by atoms with Gasteiger partial charge in [-0.3, -0.25) is 4.72 Å². The van der Waals surface area contributed by atoms with Crippen LogP contribution in [-0.4, -0.2) is 30.5 Å². The number of aliphatic hydroxyl groups is 1. The Morgan fingerprint density at radius 3 is 2.17 bits per heavy atom. The smallest absolute Gasteiger partial charge is 0.229 e. The number of fused-ring (bicyclic) bond motifs is 3. The molecule has 1 atom stereocenters. The number of nitrogens with one attached hydrogen (secondary N) is 1. The van der Waals surface area contributed by atoms with Crippen molar-refractivity contribution in [1.82, 2.24) is 4.57 Å². The van der Waals surface area contributed by atoms with E-state index in [2.05, 4.69) is 49.5 Å². The topological polar surface area (TPSA) is 71.3 Å². The van der Waals surface area contributed by atoms with Crippen LogP contribution >= 0.6 is 15.9 Å². The number of hydrogen-bond donors (Lipinski definition) is 2. The first-order valence-electron chi connectivity index (χ1n) is 9.22. The van der Waals surface area contributed by atoms with Gasteiger partial charge in [-0.05, 0) is 35.9 Å². The lowest BCUT2D eigenvalue weighted by atomic mass is 10.1. The number of halogens is 1. The highest BCUT2D eigenvalue weighted by atomic mass is 79.9. The van der Waals surface area contributed by atoms with E-state index in [4.69, 9.17) is 0 Å². The van der Waals surface area contributed by atoms with Crippen molar-refractivity contribution in [2.24, 2.45) is 0 Å². The molecule has 0 saturated heterocycles. The molecule has 150 valence electrons. The fourth-order valence-corrected chi connectivity index (χ4v) is 4.77. The quantitative estimate of drug-likeness (QED) is 0.432. The molecule has 5 nitrogen and oxygen atoms in total. The molecule has 0 spiro atoms. The van der Waals surface area contributed by atoms with Crippen molar-refractivity contribution in [3.8, 4) is 0 Å². The number of anilines is 1. The molecule has 0 radical (unpaired) electrons. The summed E-state index contributed by atoms with van der Waals surface area (Å²) in [4.78, 5) is 0. The molecule has 0 fully saturated rings. The van der Waals surface area contributed by atoms with Crippen LogP contribution in [0.1, 0.15) is 5.56 Å². The van der Waals surface area contributed by atoms with Gasteiger partial charge >= 0.3 is 0 Å². The Morgan fingerprint density at radius 2 is 1.59 bits per heavy atom. The maximum absolute atomic E-state index is 11.7. The summed E-state index contributed by atoms with van der Waals surface area (Å²) >= 11 is 3.43. The Labute approximate surface area is 178 Å². The Bertz CT molecular complexity index is 1240. The number of hydrogen-bond acceptors (Lipinski definition) is 3. The average Bonchev–Trinajstić information content (AvgIpc) is 2.97. The lowest BCUT2D eigenvalue weighted by Gasteiger charge is -2.17. The molecule has 0 saturated carbocycles. The minimum Gasteiger partial charge on any atom is -0.391 e. The summed E-state index contributed by atoms with van der Waals surface area (Å²) in [6.45, 7) is 0.402. The summed E-state index contributed by atoms with van der Waals surface area (Å²) in [7, 11) is -3.41. The van der Waals surface area contributed by atoms with Crippen LogP contribution in [0.3, 0.4) is 0 Å². The number of aliphatic hydroxyl groups excluding tert-OH is 1. The van der Waals surface area contributed by atoms with Gasteiger partial charge < -0.3 is 9.67 Å². The molecule has 0 aliphatic carbocycles. The zero-order valence-electron chi connectivity index (χ0n) is 15.8. The number of sulfonamides is 1. The number of para-hydroxylation sites is 2. The molecule has 2 N–H and O–H groups in total. The minimum absolute atomic E-state index is 0.318. The highest BCUT2D eigenvalue weighted by Crippen LogP contribution is 2.30. The van der Waals surface area contributed by atoms with Crippen molar-refractivity contribution in [2.75, 3.05) is 11.0 Å². The van der Waals surface area contributed by atoms with Gasteiger partial charge in [0, 0.05) is 39.2 Å². The first kappa shape index (κ1) is 19.9. The first-order chi connectivity index (χ1) is 13.8. The van der Waals surface area contributed by atoms with Gasteiger partial charge in [0.15, 0.2) is 0 Å². The minimum atomic E-state index is -3.41. The van der Waals surface area contributed by atoms with Crippen LogP contribution in [0, 0.1) is 0 Å². The highest BCUT2D eigenvalue weighted by Gasteiger charge is 2.16. The van der Waals surface area contributed by atoms with E-state index in [0.717, 1.165) is 38.1 Å². The summed E-state index contributed by atoms with van der Waals surface area (Å²) < 4.78 is 28.9. The molecule has 1 aromatic heterocycles. The standard InChI is InChI=1S/C22H21BrN2O3S/c1-29(27,28)24-20-11-10-16(23)12-15(20)13-17(26)14-25-21-8-4-2-6-18(21)19-7-3-5-9-22(19)25/h2-12,17,24,26H,13-14H2,1H3. The van der Waals surface area contributed by atoms with E-state index in [9.17, 15) is 13.5 Å². The molecule has 1 unspecified atom stereocenters. The molecule has 3 aromatic carbocycles. The van der Waals surface area contributed by atoms with Gasteiger partial charge in [-0.1, -0.05) is 52.3 Å². The molecule has 4 aromatic rings. The maximum Gasteiger partial charge on any atom is 0.229 e. The Balaban J connectivity index is 1.68. The Kier molecular flexibility index (Phi) is 5.38. The third-order valence-electron chi connectivity index (χ3n) is 4.89. The summed E-state index contributed by atoms with van der Waals surface area (Å²) in [6.07, 6.45) is 0.745. The van der Waals surface area contributed by atoms with E-state index in [1.807, 2.05) is 30.3 Å². The second-order valence-electron chi connectivity index (χ2n) is 7.18. The molecular formula is C22H21BrN2O3S. The highest BCUT2D eigenvalue weighted by molar-refractivity contribution is 9.10. The molecule has 4 rings (SSSR count). The first-order valence-corrected chi connectivity index (χ1v) is 11.9. The van der Waals surface area contributed by atoms with Gasteiger partial charge in [0.2, 0.25) is 10.0 Å². The van der Waals surface area contributed by atoms with E-state index in [0.29, 0.717) is 18.7 Å². The third kappa shape index (κ3) is 4.32. The number of aromatic nitrogens is 1. The zero-order chi connectivity index (χ0) is 20.6. The van der Waals surface area contributed by atoms with Gasteiger partial charge in [-0.25, -0.2) is 8.42 Å². The molecule has 0 aliphatic rings. The SMILES string of the molecule is CS(=O)(=O)Nc1ccc(Br)cc1CC(O)Cn1c2ccccc2c2ccccc21. The van der Waals surface area contributed by atoms with Crippen molar-refractivity contribution in [1.29, 1.82) is 0 Å². The van der Waals surface area contributed by atoms with Crippen LogP contribution in [-0.2, 0) is 23.0 Å². The van der Waals surface area contributed by atoms with Gasteiger partial charge in [0.1, 0.15) is 0 Å². The van der Waals surface area contributed by atoms with E-state index in [1.54, 1.807) is 12.1 Å². The van der Waals surface area contributed by atoms with Crippen molar-refractivity contribution >= 4 is 53.4 Å². The van der Waals surface area contributed by atoms with Gasteiger partial charge in [0.05, 0.1) is 18.0 Å². The molecule has 7 heteroatoms. The molecule has 0 bridgehead atoms. The van der Waals surface area contributed by atoms with E-state index >= 15 is 0 Å². The lowest BCUT2D eigenvalue weighted by Crippen LogP contribution is -2.20. The second kappa shape index (κ2) is 7.82. The average molecular weight is 473 g/mol. The molecule has 1 heterocycles. The largest absolute Gasteiger partial charge is 0.391 e. The van der Waals surface area contributed by atoms with Crippen LogP contribution in [0.4, 0.5) is 5.69 Å². The molecular weight excluding hydrogens is 452 g/mol. The van der Waals surface area contributed by atoms with Crippen molar-refractivity contribution in [3.05, 3.63) is 76.8 Å². The normalized spacial score (nSPS) is 13.1. The number of rotatable bonds is 6. The summed E-state index contributed by atoms with van der Waals surface area (Å²) in [5, 5.41) is 13.2. The maximum atomic E-state index is 11.7. The van der Waals surface area contributed by atoms with Crippen LogP contribution in [0.25, 0.3) is 21.8 Å². The van der Waals surface area contributed by atoms with Crippen molar-refractivity contribution in [2.45, 2.75) is 19.1 Å². The third-order valence-corrected chi connectivity index (χ3v) is 5.98. The van der Waals surface area contributed by atoms with Crippen LogP contribution in [0.5, 0.6) is 0 Å². The van der Waals surface area contributed by atoms with Crippen LogP contribution in [0.2, 0.25) is 0 Å². The number of benzene rings is 3. The monoisotopic (exact) mass is 472 g/mol. The molecule has 0 aliphatic heterocycles. The second-order valence-corrected chi connectivity index (χ2v) is 9.84. The summed E-state index contributed by atoms with van der Waals surface area (Å²) in [6, 6.07) is 21.6. The fourth-order valence-electron chi connectivity index (χ4n) is 3.76. The van der Waals surface area contributed by atoms with E-state index < -0.39 is 16.1 Å². The van der Waals surface area contributed by atoms with Gasteiger partial charge in [-0.2, -0.15) is 0 Å². The fraction of sp³-hybridized carbons (Fsp3) is 0.182. The lowest BCUT2D eigenvalue weighted by molar-refractivity contribution is 0.157. The molecule has 0 amide bonds. The predicted molar refractivity (Wildman–Crippen MR) is 122 cm³/mol. The van der Waals surface area contributed by atoms with Crippen molar-refractivity contribution < 1.29 is 13.5 Å². The van der Waals surface area contributed by atoms with E-state index in [-0.39, 0.29) is 0 Å². The van der Waals surface area contributed by atoms with Gasteiger partial charge in [0.25, 0.3) is 0 Å².